The highest BCUT2D eigenvalue weighted by atomic mass is 16.1. The quantitative estimate of drug-likeness (QED) is 0.714. The monoisotopic (exact) mass is 347 g/mol. The Morgan fingerprint density at radius 3 is 2.69 bits per heavy atom. The molecule has 0 saturated heterocycles. The van der Waals surface area contributed by atoms with Gasteiger partial charge in [-0.2, -0.15) is 0 Å². The van der Waals surface area contributed by atoms with E-state index in [2.05, 4.69) is 29.2 Å². The number of Topliss-reactive ketones (excluding diaryl/α,β-unsaturated/α-hetero) is 1. The van der Waals surface area contributed by atoms with Gasteiger partial charge < -0.3 is 9.88 Å². The maximum atomic E-state index is 13.1. The predicted molar refractivity (Wildman–Crippen MR) is 103 cm³/mol. The molecule has 1 unspecified atom stereocenters. The molecule has 3 aromatic rings. The number of carbonyl (C=O) groups is 1. The van der Waals surface area contributed by atoms with Crippen molar-refractivity contribution >= 4 is 16.7 Å². The Kier molecular flexibility index (Phi) is 4.21. The van der Waals surface area contributed by atoms with Gasteiger partial charge in [0, 0.05) is 34.1 Å². The molecule has 1 atom stereocenters. The van der Waals surface area contributed by atoms with E-state index in [0.717, 1.165) is 36.3 Å². The average Bonchev–Trinajstić information content (AvgIpc) is 2.64. The van der Waals surface area contributed by atoms with Gasteiger partial charge in [0.2, 0.25) is 0 Å². The molecule has 0 spiro atoms. The van der Waals surface area contributed by atoms with Gasteiger partial charge in [0.25, 0.3) is 0 Å². The predicted octanol–water partition coefficient (Wildman–Crippen LogP) is 2.18. The molecule has 0 bridgehead atoms. The third-order valence-corrected chi connectivity index (χ3v) is 5.45. The first kappa shape index (κ1) is 16.7. The summed E-state index contributed by atoms with van der Waals surface area (Å²) < 4.78 is 0. The lowest BCUT2D eigenvalue weighted by molar-refractivity contribution is -0.929. The molecule has 0 aliphatic carbocycles. The molecule has 4 heteroatoms. The van der Waals surface area contributed by atoms with E-state index >= 15 is 0 Å². The number of hydrogen-bond acceptors (Lipinski definition) is 2. The zero-order chi connectivity index (χ0) is 18.3. The second-order valence-electron chi connectivity index (χ2n) is 7.25. The number of nitrogens with one attached hydrogen (secondary N) is 2. The van der Waals surface area contributed by atoms with Gasteiger partial charge in [-0.25, -0.2) is 0 Å². The molecule has 0 fully saturated rings. The van der Waals surface area contributed by atoms with Gasteiger partial charge in [-0.3, -0.25) is 9.59 Å². The van der Waals surface area contributed by atoms with Gasteiger partial charge in [0.1, 0.15) is 13.1 Å². The summed E-state index contributed by atoms with van der Waals surface area (Å²) in [6, 6.07) is 13.9. The van der Waals surface area contributed by atoms with Crippen molar-refractivity contribution in [3.63, 3.8) is 0 Å². The molecule has 0 radical (unpaired) electrons. The van der Waals surface area contributed by atoms with Crippen LogP contribution in [-0.4, -0.2) is 17.3 Å². The van der Waals surface area contributed by atoms with Crippen molar-refractivity contribution in [3.05, 3.63) is 80.6 Å². The molecule has 4 nitrogen and oxygen atoms in total. The highest BCUT2D eigenvalue weighted by Crippen LogP contribution is 2.15. The SMILES string of the molecule is CC(=O)c1ccc2[nH]c(C)c(C[NH+]3CCc4ccccc4C3)c(=O)c2c1. The van der Waals surface area contributed by atoms with E-state index in [9.17, 15) is 9.59 Å². The molecule has 1 aliphatic heterocycles. The van der Waals surface area contributed by atoms with Crippen LogP contribution >= 0.6 is 0 Å². The van der Waals surface area contributed by atoms with E-state index in [0.29, 0.717) is 17.5 Å². The van der Waals surface area contributed by atoms with Crippen LogP contribution in [0.15, 0.2) is 47.3 Å². The summed E-state index contributed by atoms with van der Waals surface area (Å²) in [5, 5.41) is 0.607. The van der Waals surface area contributed by atoms with Gasteiger partial charge in [-0.15, -0.1) is 0 Å². The number of carbonyl (C=O) groups excluding carboxylic acids is 1. The smallest absolute Gasteiger partial charge is 0.198 e. The molecule has 132 valence electrons. The normalized spacial score (nSPS) is 16.5. The van der Waals surface area contributed by atoms with Crippen LogP contribution in [0.5, 0.6) is 0 Å². The third-order valence-electron chi connectivity index (χ3n) is 5.45. The van der Waals surface area contributed by atoms with Crippen molar-refractivity contribution in [2.75, 3.05) is 6.54 Å². The van der Waals surface area contributed by atoms with Crippen molar-refractivity contribution < 1.29 is 9.69 Å². The molecule has 1 aliphatic rings. The Labute approximate surface area is 152 Å². The van der Waals surface area contributed by atoms with Crippen LogP contribution in [0.25, 0.3) is 10.9 Å². The van der Waals surface area contributed by atoms with Crippen molar-refractivity contribution in [1.29, 1.82) is 0 Å². The summed E-state index contributed by atoms with van der Waals surface area (Å²) in [5.41, 5.74) is 5.97. The van der Waals surface area contributed by atoms with E-state index in [1.165, 1.54) is 23.0 Å². The second kappa shape index (κ2) is 6.54. The topological polar surface area (TPSA) is 54.4 Å². The highest BCUT2D eigenvalue weighted by Gasteiger charge is 2.22. The minimum Gasteiger partial charge on any atom is -0.358 e. The van der Waals surface area contributed by atoms with Crippen LogP contribution in [0.3, 0.4) is 0 Å². The lowest BCUT2D eigenvalue weighted by atomic mass is 9.99. The van der Waals surface area contributed by atoms with Crippen molar-refractivity contribution in [3.8, 4) is 0 Å². The number of H-pyrrole nitrogens is 1. The van der Waals surface area contributed by atoms with Crippen LogP contribution in [0.2, 0.25) is 0 Å². The number of fused-ring (bicyclic) bond motifs is 2. The summed E-state index contributed by atoms with van der Waals surface area (Å²) in [6.07, 6.45) is 1.05. The van der Waals surface area contributed by atoms with Crippen molar-refractivity contribution in [1.82, 2.24) is 4.98 Å². The standard InChI is InChI=1S/C22H22N2O2/c1-14-20(13-24-10-9-16-5-3-4-6-18(16)12-24)22(26)19-11-17(15(2)25)7-8-21(19)23-14/h3-8,11H,9-10,12-13H2,1-2H3,(H,23,26)/p+1. The van der Waals surface area contributed by atoms with Crippen LogP contribution < -0.4 is 10.3 Å². The van der Waals surface area contributed by atoms with Crippen LogP contribution in [-0.2, 0) is 19.5 Å². The second-order valence-corrected chi connectivity index (χ2v) is 7.25. The maximum Gasteiger partial charge on any atom is 0.198 e. The number of quaternary nitrogens is 1. The number of aryl methyl sites for hydroxylation is 1. The largest absolute Gasteiger partial charge is 0.358 e. The first-order valence-electron chi connectivity index (χ1n) is 9.09. The average molecular weight is 347 g/mol. The molecule has 2 N–H and O–H groups in total. The summed E-state index contributed by atoms with van der Waals surface area (Å²) in [4.78, 5) is 29.5. The number of hydrogen-bond donors (Lipinski definition) is 2. The minimum absolute atomic E-state index is 0.0216. The van der Waals surface area contributed by atoms with Gasteiger partial charge in [-0.05, 0) is 37.6 Å². The minimum atomic E-state index is -0.0216. The fraction of sp³-hybridized carbons (Fsp3) is 0.273. The molecule has 0 amide bonds. The summed E-state index contributed by atoms with van der Waals surface area (Å²) in [5.74, 6) is -0.0216. The van der Waals surface area contributed by atoms with Crippen LogP contribution in [0, 0.1) is 6.92 Å². The van der Waals surface area contributed by atoms with Crippen molar-refractivity contribution in [2.45, 2.75) is 33.4 Å². The summed E-state index contributed by atoms with van der Waals surface area (Å²) in [7, 11) is 0. The highest BCUT2D eigenvalue weighted by molar-refractivity contribution is 5.97. The number of aromatic amines is 1. The molecular formula is C22H23N2O2+. The van der Waals surface area contributed by atoms with E-state index in [1.807, 2.05) is 13.0 Å². The number of aromatic nitrogens is 1. The molecule has 2 aromatic carbocycles. The zero-order valence-electron chi connectivity index (χ0n) is 15.2. The van der Waals surface area contributed by atoms with Gasteiger partial charge in [-0.1, -0.05) is 24.3 Å². The lowest BCUT2D eigenvalue weighted by Gasteiger charge is -2.26. The Hall–Kier alpha value is -2.72. The molecule has 26 heavy (non-hydrogen) atoms. The molecular weight excluding hydrogens is 324 g/mol. The fourth-order valence-corrected chi connectivity index (χ4v) is 3.93. The van der Waals surface area contributed by atoms with Gasteiger partial charge >= 0.3 is 0 Å². The Morgan fingerprint density at radius 1 is 1.15 bits per heavy atom. The van der Waals surface area contributed by atoms with E-state index in [4.69, 9.17) is 0 Å². The first-order chi connectivity index (χ1) is 12.5. The van der Waals surface area contributed by atoms with E-state index in [-0.39, 0.29) is 11.2 Å². The first-order valence-corrected chi connectivity index (χ1v) is 9.09. The van der Waals surface area contributed by atoms with Gasteiger partial charge in [0.15, 0.2) is 11.2 Å². The summed E-state index contributed by atoms with van der Waals surface area (Å²) >= 11 is 0. The molecule has 1 aromatic heterocycles. The van der Waals surface area contributed by atoms with Gasteiger partial charge in [0.05, 0.1) is 12.1 Å². The molecule has 2 heterocycles. The Balaban J connectivity index is 1.70. The zero-order valence-corrected chi connectivity index (χ0v) is 15.2. The summed E-state index contributed by atoms with van der Waals surface area (Å²) in [6.45, 7) is 6.17. The molecule has 4 rings (SSSR count). The maximum absolute atomic E-state index is 13.1. The van der Waals surface area contributed by atoms with Crippen LogP contribution in [0.4, 0.5) is 0 Å². The fourth-order valence-electron chi connectivity index (χ4n) is 3.93. The Morgan fingerprint density at radius 2 is 1.92 bits per heavy atom. The van der Waals surface area contributed by atoms with E-state index < -0.39 is 0 Å². The lowest BCUT2D eigenvalue weighted by Crippen LogP contribution is -3.10. The van der Waals surface area contributed by atoms with Crippen molar-refractivity contribution in [2.24, 2.45) is 0 Å². The van der Waals surface area contributed by atoms with E-state index in [1.54, 1.807) is 12.1 Å². The number of pyridine rings is 1. The molecule has 0 saturated carbocycles. The number of rotatable bonds is 3. The third kappa shape index (κ3) is 2.97. The Bertz CT molecular complexity index is 1070. The van der Waals surface area contributed by atoms with Crippen LogP contribution in [0.1, 0.15) is 39.7 Å². The number of benzene rings is 2. The number of ketones is 1.